The number of hydrazine groups is 1. The number of fused-ring (bicyclic) bond motifs is 1. The van der Waals surface area contributed by atoms with Gasteiger partial charge < -0.3 is 4.74 Å². The van der Waals surface area contributed by atoms with Gasteiger partial charge in [-0.05, 0) is 45.9 Å². The number of thiazole rings is 1. The van der Waals surface area contributed by atoms with E-state index < -0.39 is 5.60 Å². The Morgan fingerprint density at radius 2 is 1.95 bits per heavy atom. The van der Waals surface area contributed by atoms with Gasteiger partial charge in [0, 0.05) is 14.1 Å². The van der Waals surface area contributed by atoms with E-state index in [0.29, 0.717) is 0 Å². The molecule has 0 aliphatic rings. The first-order valence-electron chi connectivity index (χ1n) is 6.75. The SMILES string of the molecule is Cc1nc2ccc(N(C)N(C)C(=O)OC(C)(C)C)cc2s1. The van der Waals surface area contributed by atoms with Crippen LogP contribution in [0, 0.1) is 6.92 Å². The van der Waals surface area contributed by atoms with Crippen LogP contribution in [0.15, 0.2) is 18.2 Å². The second-order valence-electron chi connectivity index (χ2n) is 5.91. The maximum Gasteiger partial charge on any atom is 0.429 e. The van der Waals surface area contributed by atoms with Gasteiger partial charge in [0.05, 0.1) is 20.9 Å². The van der Waals surface area contributed by atoms with Gasteiger partial charge >= 0.3 is 6.09 Å². The van der Waals surface area contributed by atoms with Gasteiger partial charge in [-0.15, -0.1) is 11.3 Å². The summed E-state index contributed by atoms with van der Waals surface area (Å²) >= 11 is 1.64. The van der Waals surface area contributed by atoms with Crippen molar-refractivity contribution in [1.82, 2.24) is 9.99 Å². The molecule has 21 heavy (non-hydrogen) atoms. The van der Waals surface area contributed by atoms with Gasteiger partial charge in [0.15, 0.2) is 0 Å². The van der Waals surface area contributed by atoms with Gasteiger partial charge in [-0.3, -0.25) is 5.01 Å². The molecule has 1 amide bonds. The predicted molar refractivity (Wildman–Crippen MR) is 86.8 cm³/mol. The molecule has 0 spiro atoms. The molecule has 2 aromatic rings. The van der Waals surface area contributed by atoms with Crippen LogP contribution in [-0.4, -0.2) is 35.8 Å². The Balaban J connectivity index is 2.20. The first-order valence-corrected chi connectivity index (χ1v) is 7.56. The molecule has 2 rings (SSSR count). The van der Waals surface area contributed by atoms with Crippen LogP contribution in [0.4, 0.5) is 10.5 Å². The van der Waals surface area contributed by atoms with Crippen molar-refractivity contribution >= 4 is 33.3 Å². The summed E-state index contributed by atoms with van der Waals surface area (Å²) in [5.41, 5.74) is 1.39. The van der Waals surface area contributed by atoms with Crippen LogP contribution in [0.1, 0.15) is 25.8 Å². The van der Waals surface area contributed by atoms with E-state index in [1.54, 1.807) is 23.4 Å². The first-order chi connectivity index (χ1) is 9.67. The van der Waals surface area contributed by atoms with Crippen molar-refractivity contribution in [2.24, 2.45) is 0 Å². The number of carbonyl (C=O) groups is 1. The van der Waals surface area contributed by atoms with Crippen LogP contribution in [0.2, 0.25) is 0 Å². The lowest BCUT2D eigenvalue weighted by Crippen LogP contribution is -2.44. The lowest BCUT2D eigenvalue weighted by Gasteiger charge is -2.32. The number of aryl methyl sites for hydroxylation is 1. The fourth-order valence-electron chi connectivity index (χ4n) is 1.85. The third-order valence-electron chi connectivity index (χ3n) is 2.96. The zero-order valence-electron chi connectivity index (χ0n) is 13.3. The Morgan fingerprint density at radius 1 is 1.29 bits per heavy atom. The quantitative estimate of drug-likeness (QED) is 0.791. The fourth-order valence-corrected chi connectivity index (χ4v) is 2.71. The van der Waals surface area contributed by atoms with Gasteiger partial charge in [-0.2, -0.15) is 0 Å². The molecule has 1 aromatic carbocycles. The zero-order chi connectivity index (χ0) is 15.8. The number of aromatic nitrogens is 1. The van der Waals surface area contributed by atoms with E-state index in [-0.39, 0.29) is 6.09 Å². The number of amides is 1. The van der Waals surface area contributed by atoms with Crippen molar-refractivity contribution in [2.45, 2.75) is 33.3 Å². The summed E-state index contributed by atoms with van der Waals surface area (Å²) in [6.07, 6.45) is -0.384. The maximum atomic E-state index is 12.1. The Kier molecular flexibility index (Phi) is 4.09. The van der Waals surface area contributed by atoms with E-state index in [1.807, 2.05) is 52.9 Å². The molecular formula is C15H21N3O2S. The van der Waals surface area contributed by atoms with E-state index in [0.717, 1.165) is 20.9 Å². The molecule has 0 saturated heterocycles. The van der Waals surface area contributed by atoms with Gasteiger partial charge in [0.1, 0.15) is 5.60 Å². The van der Waals surface area contributed by atoms with E-state index in [9.17, 15) is 4.79 Å². The van der Waals surface area contributed by atoms with Crippen molar-refractivity contribution in [1.29, 1.82) is 0 Å². The summed E-state index contributed by atoms with van der Waals surface area (Å²) in [4.78, 5) is 16.5. The zero-order valence-corrected chi connectivity index (χ0v) is 14.1. The lowest BCUT2D eigenvalue weighted by molar-refractivity contribution is 0.0288. The number of hydrogen-bond donors (Lipinski definition) is 0. The number of benzene rings is 1. The van der Waals surface area contributed by atoms with Crippen LogP contribution in [-0.2, 0) is 4.74 Å². The van der Waals surface area contributed by atoms with Crippen LogP contribution in [0.3, 0.4) is 0 Å². The summed E-state index contributed by atoms with van der Waals surface area (Å²) < 4.78 is 6.48. The van der Waals surface area contributed by atoms with Crippen LogP contribution in [0.5, 0.6) is 0 Å². The summed E-state index contributed by atoms with van der Waals surface area (Å²) in [7, 11) is 3.52. The van der Waals surface area contributed by atoms with Crippen LogP contribution >= 0.6 is 11.3 Å². The second kappa shape index (κ2) is 5.52. The van der Waals surface area contributed by atoms with Crippen LogP contribution in [0.25, 0.3) is 10.2 Å². The molecule has 0 bridgehead atoms. The van der Waals surface area contributed by atoms with E-state index in [2.05, 4.69) is 4.98 Å². The normalized spacial score (nSPS) is 11.5. The molecule has 114 valence electrons. The van der Waals surface area contributed by atoms with Crippen molar-refractivity contribution in [3.05, 3.63) is 23.2 Å². The fraction of sp³-hybridized carbons (Fsp3) is 0.467. The third-order valence-corrected chi connectivity index (χ3v) is 3.89. The van der Waals surface area contributed by atoms with Crippen molar-refractivity contribution < 1.29 is 9.53 Å². The third kappa shape index (κ3) is 3.64. The maximum absolute atomic E-state index is 12.1. The molecular weight excluding hydrogens is 286 g/mol. The largest absolute Gasteiger partial charge is 0.442 e. The molecule has 0 aliphatic carbocycles. The Morgan fingerprint density at radius 3 is 2.57 bits per heavy atom. The highest BCUT2D eigenvalue weighted by atomic mass is 32.1. The molecule has 0 unspecified atom stereocenters. The molecule has 1 heterocycles. The number of hydrogen-bond acceptors (Lipinski definition) is 5. The van der Waals surface area contributed by atoms with Crippen molar-refractivity contribution in [2.75, 3.05) is 19.1 Å². The molecule has 0 saturated carbocycles. The van der Waals surface area contributed by atoms with Gasteiger partial charge in [0.2, 0.25) is 0 Å². The lowest BCUT2D eigenvalue weighted by atomic mass is 10.2. The van der Waals surface area contributed by atoms with Gasteiger partial charge in [-0.25, -0.2) is 14.8 Å². The number of anilines is 1. The molecule has 0 atom stereocenters. The minimum absolute atomic E-state index is 0.384. The molecule has 0 radical (unpaired) electrons. The van der Waals surface area contributed by atoms with Crippen LogP contribution < -0.4 is 5.01 Å². The number of ether oxygens (including phenoxy) is 1. The van der Waals surface area contributed by atoms with E-state index in [4.69, 9.17) is 4.74 Å². The number of rotatable bonds is 2. The molecule has 0 N–H and O–H groups in total. The minimum Gasteiger partial charge on any atom is -0.442 e. The van der Waals surface area contributed by atoms with Crippen molar-refractivity contribution in [3.63, 3.8) is 0 Å². The van der Waals surface area contributed by atoms with E-state index in [1.165, 1.54) is 5.01 Å². The summed E-state index contributed by atoms with van der Waals surface area (Å²) in [5.74, 6) is 0. The predicted octanol–water partition coefficient (Wildman–Crippen LogP) is 3.82. The first kappa shape index (κ1) is 15.6. The van der Waals surface area contributed by atoms with E-state index >= 15 is 0 Å². The Labute approximate surface area is 129 Å². The standard InChI is InChI=1S/C15H21N3O2S/c1-10-16-12-8-7-11(9-13(12)21-10)17(5)18(6)14(19)20-15(2,3)4/h7-9H,1-6H3. The number of carbonyl (C=O) groups excluding carboxylic acids is 1. The minimum atomic E-state index is -0.509. The second-order valence-corrected chi connectivity index (χ2v) is 7.15. The average molecular weight is 307 g/mol. The topological polar surface area (TPSA) is 45.7 Å². The summed E-state index contributed by atoms with van der Waals surface area (Å²) in [5, 5.41) is 4.26. The highest BCUT2D eigenvalue weighted by molar-refractivity contribution is 7.18. The van der Waals surface area contributed by atoms with Crippen molar-refractivity contribution in [3.8, 4) is 0 Å². The molecule has 0 fully saturated rings. The Bertz CT molecular complexity index is 660. The average Bonchev–Trinajstić information content (AvgIpc) is 2.73. The Hall–Kier alpha value is -1.82. The van der Waals surface area contributed by atoms with Gasteiger partial charge in [0.25, 0.3) is 0 Å². The molecule has 0 aliphatic heterocycles. The van der Waals surface area contributed by atoms with Gasteiger partial charge in [-0.1, -0.05) is 0 Å². The smallest absolute Gasteiger partial charge is 0.429 e. The summed E-state index contributed by atoms with van der Waals surface area (Å²) in [6, 6.07) is 5.94. The number of nitrogens with zero attached hydrogens (tertiary/aromatic N) is 3. The highest BCUT2D eigenvalue weighted by Gasteiger charge is 2.22. The highest BCUT2D eigenvalue weighted by Crippen LogP contribution is 2.27. The molecule has 6 heteroatoms. The molecule has 5 nitrogen and oxygen atoms in total. The molecule has 1 aromatic heterocycles. The summed E-state index contributed by atoms with van der Waals surface area (Å²) in [6.45, 7) is 7.54. The monoisotopic (exact) mass is 307 g/mol.